The lowest BCUT2D eigenvalue weighted by atomic mass is 10.1. The fraction of sp³-hybridized carbons (Fsp3) is 0.571. The minimum atomic E-state index is 0.602. The summed E-state index contributed by atoms with van der Waals surface area (Å²) in [5, 5.41) is 3.60. The molecule has 2 heteroatoms. The molecule has 1 aliphatic rings. The van der Waals surface area contributed by atoms with Crippen LogP contribution in [0.15, 0.2) is 18.2 Å². The van der Waals surface area contributed by atoms with Crippen LogP contribution < -0.4 is 5.32 Å². The Bertz CT molecular complexity index is 349. The normalized spacial score (nSPS) is 15.9. The molecule has 1 atom stereocenters. The van der Waals surface area contributed by atoms with Crippen molar-refractivity contribution in [2.24, 2.45) is 0 Å². The first kappa shape index (κ1) is 11.5. The molecule has 88 valence electrons. The Morgan fingerprint density at radius 2 is 2.06 bits per heavy atom. The average molecular weight is 219 g/mol. The van der Waals surface area contributed by atoms with Gasteiger partial charge in [0.15, 0.2) is 0 Å². The number of anilines is 1. The maximum Gasteiger partial charge on any atom is 0.0725 e. The average Bonchev–Trinajstić information content (AvgIpc) is 2.75. The molecule has 0 aliphatic carbocycles. The molecule has 2 nitrogen and oxygen atoms in total. The van der Waals surface area contributed by atoms with Crippen molar-refractivity contribution in [3.8, 4) is 0 Å². The number of ether oxygens (including phenoxy) is 1. The summed E-state index contributed by atoms with van der Waals surface area (Å²) in [6.07, 6.45) is 3.66. The largest absolute Gasteiger partial charge is 0.382 e. The highest BCUT2D eigenvalue weighted by molar-refractivity contribution is 5.49. The molecule has 0 fully saturated rings. The van der Waals surface area contributed by atoms with Crippen molar-refractivity contribution in [2.75, 3.05) is 5.32 Å². The molecule has 0 saturated heterocycles. The first-order valence-electron chi connectivity index (χ1n) is 6.29. The lowest BCUT2D eigenvalue weighted by molar-refractivity contribution is 0.134. The van der Waals surface area contributed by atoms with E-state index in [1.807, 2.05) is 0 Å². The second-order valence-corrected chi connectivity index (χ2v) is 4.51. The predicted molar refractivity (Wildman–Crippen MR) is 67.5 cm³/mol. The molecule has 0 amide bonds. The Balaban J connectivity index is 2.04. The highest BCUT2D eigenvalue weighted by Gasteiger charge is 2.12. The third kappa shape index (κ3) is 2.56. The molecule has 1 aliphatic heterocycles. The number of nitrogens with one attached hydrogen (secondary N) is 1. The summed E-state index contributed by atoms with van der Waals surface area (Å²) < 4.78 is 5.42. The Hall–Kier alpha value is -1.02. The van der Waals surface area contributed by atoms with Crippen LogP contribution in [0.4, 0.5) is 5.69 Å². The van der Waals surface area contributed by atoms with Gasteiger partial charge in [-0.3, -0.25) is 0 Å². The minimum Gasteiger partial charge on any atom is -0.382 e. The first-order valence-corrected chi connectivity index (χ1v) is 6.29. The maximum atomic E-state index is 5.42. The van der Waals surface area contributed by atoms with Gasteiger partial charge < -0.3 is 10.1 Å². The van der Waals surface area contributed by atoms with Crippen molar-refractivity contribution >= 4 is 5.69 Å². The van der Waals surface area contributed by atoms with Gasteiger partial charge in [-0.15, -0.1) is 0 Å². The smallest absolute Gasteiger partial charge is 0.0725 e. The van der Waals surface area contributed by atoms with Gasteiger partial charge in [-0.2, -0.15) is 0 Å². The highest BCUT2D eigenvalue weighted by Crippen LogP contribution is 2.24. The fourth-order valence-electron chi connectivity index (χ4n) is 2.22. The summed E-state index contributed by atoms with van der Waals surface area (Å²) >= 11 is 0. The predicted octanol–water partition coefficient (Wildman–Crippen LogP) is 3.71. The van der Waals surface area contributed by atoms with Gasteiger partial charge in [0, 0.05) is 11.7 Å². The second-order valence-electron chi connectivity index (χ2n) is 4.51. The van der Waals surface area contributed by atoms with Crippen LogP contribution in [-0.2, 0) is 18.0 Å². The van der Waals surface area contributed by atoms with E-state index in [0.717, 1.165) is 13.2 Å². The van der Waals surface area contributed by atoms with Gasteiger partial charge in [-0.1, -0.05) is 26.3 Å². The molecule has 0 spiro atoms. The molecular formula is C14H21NO. The summed E-state index contributed by atoms with van der Waals surface area (Å²) in [6.45, 7) is 6.03. The van der Waals surface area contributed by atoms with E-state index in [1.165, 1.54) is 36.1 Å². The van der Waals surface area contributed by atoms with Gasteiger partial charge in [0.25, 0.3) is 0 Å². The zero-order valence-electron chi connectivity index (χ0n) is 10.3. The third-order valence-corrected chi connectivity index (χ3v) is 3.22. The van der Waals surface area contributed by atoms with Crippen LogP contribution in [0.1, 0.15) is 44.2 Å². The molecular weight excluding hydrogens is 198 g/mol. The van der Waals surface area contributed by atoms with Crippen molar-refractivity contribution in [2.45, 2.75) is 52.4 Å². The van der Waals surface area contributed by atoms with E-state index < -0.39 is 0 Å². The maximum absolute atomic E-state index is 5.42. The summed E-state index contributed by atoms with van der Waals surface area (Å²) in [4.78, 5) is 0. The standard InChI is InChI=1S/C14H21NO/c1-3-5-13(4-2)15-14-7-6-11-9-16-10-12(11)8-14/h6-8,13,15H,3-5,9-10H2,1-2H3. The van der Waals surface area contributed by atoms with Gasteiger partial charge in [0.2, 0.25) is 0 Å². The Kier molecular flexibility index (Phi) is 3.83. The van der Waals surface area contributed by atoms with Crippen LogP contribution in [0.3, 0.4) is 0 Å². The summed E-state index contributed by atoms with van der Waals surface area (Å²) in [5.74, 6) is 0. The van der Waals surface area contributed by atoms with E-state index in [0.29, 0.717) is 6.04 Å². The lowest BCUT2D eigenvalue weighted by Gasteiger charge is -2.18. The van der Waals surface area contributed by atoms with Crippen LogP contribution >= 0.6 is 0 Å². The molecule has 0 bridgehead atoms. The summed E-state index contributed by atoms with van der Waals surface area (Å²) in [7, 11) is 0. The molecule has 0 aromatic heterocycles. The monoisotopic (exact) mass is 219 g/mol. The summed E-state index contributed by atoms with van der Waals surface area (Å²) in [5.41, 5.74) is 3.93. The summed E-state index contributed by atoms with van der Waals surface area (Å²) in [6, 6.07) is 7.20. The number of fused-ring (bicyclic) bond motifs is 1. The van der Waals surface area contributed by atoms with E-state index in [4.69, 9.17) is 4.74 Å². The molecule has 0 radical (unpaired) electrons. The molecule has 1 unspecified atom stereocenters. The number of rotatable bonds is 5. The number of hydrogen-bond donors (Lipinski definition) is 1. The molecule has 1 N–H and O–H groups in total. The SMILES string of the molecule is CCCC(CC)Nc1ccc2c(c1)COC2. The van der Waals surface area contributed by atoms with Gasteiger partial charge in [-0.05, 0) is 36.1 Å². The second kappa shape index (κ2) is 5.35. The Labute approximate surface area is 98.0 Å². The zero-order valence-corrected chi connectivity index (χ0v) is 10.3. The zero-order chi connectivity index (χ0) is 11.4. The highest BCUT2D eigenvalue weighted by atomic mass is 16.5. The Morgan fingerprint density at radius 1 is 1.25 bits per heavy atom. The van der Waals surface area contributed by atoms with Crippen LogP contribution in [0.2, 0.25) is 0 Å². The van der Waals surface area contributed by atoms with Crippen molar-refractivity contribution < 1.29 is 4.74 Å². The van der Waals surface area contributed by atoms with E-state index in [1.54, 1.807) is 0 Å². The van der Waals surface area contributed by atoms with Gasteiger partial charge >= 0.3 is 0 Å². The topological polar surface area (TPSA) is 21.3 Å². The molecule has 1 heterocycles. The quantitative estimate of drug-likeness (QED) is 0.815. The molecule has 16 heavy (non-hydrogen) atoms. The van der Waals surface area contributed by atoms with E-state index in [9.17, 15) is 0 Å². The Morgan fingerprint density at radius 3 is 2.81 bits per heavy atom. The minimum absolute atomic E-state index is 0.602. The molecule has 1 aromatic rings. The van der Waals surface area contributed by atoms with Crippen LogP contribution in [-0.4, -0.2) is 6.04 Å². The van der Waals surface area contributed by atoms with Gasteiger partial charge in [0.1, 0.15) is 0 Å². The van der Waals surface area contributed by atoms with Crippen molar-refractivity contribution in [1.29, 1.82) is 0 Å². The number of benzene rings is 1. The van der Waals surface area contributed by atoms with Crippen LogP contribution in [0.5, 0.6) is 0 Å². The van der Waals surface area contributed by atoms with Gasteiger partial charge in [-0.25, -0.2) is 0 Å². The van der Waals surface area contributed by atoms with Crippen molar-refractivity contribution in [3.63, 3.8) is 0 Å². The third-order valence-electron chi connectivity index (χ3n) is 3.22. The van der Waals surface area contributed by atoms with E-state index in [2.05, 4.69) is 37.4 Å². The lowest BCUT2D eigenvalue weighted by Crippen LogP contribution is -2.17. The molecule has 2 rings (SSSR count). The van der Waals surface area contributed by atoms with Gasteiger partial charge in [0.05, 0.1) is 13.2 Å². The number of hydrogen-bond acceptors (Lipinski definition) is 2. The fourth-order valence-corrected chi connectivity index (χ4v) is 2.22. The van der Waals surface area contributed by atoms with E-state index in [-0.39, 0.29) is 0 Å². The molecule has 1 aromatic carbocycles. The van der Waals surface area contributed by atoms with E-state index >= 15 is 0 Å². The van der Waals surface area contributed by atoms with Crippen LogP contribution in [0, 0.1) is 0 Å². The molecule has 0 saturated carbocycles. The van der Waals surface area contributed by atoms with Crippen LogP contribution in [0.25, 0.3) is 0 Å². The first-order chi connectivity index (χ1) is 7.83. The van der Waals surface area contributed by atoms with Crippen molar-refractivity contribution in [1.82, 2.24) is 0 Å². The van der Waals surface area contributed by atoms with Crippen molar-refractivity contribution in [3.05, 3.63) is 29.3 Å².